The molecule has 2 amide bonds. The van der Waals surface area contributed by atoms with Gasteiger partial charge in [0.25, 0.3) is 0 Å². The number of primary amides is 1. The fourth-order valence-electron chi connectivity index (χ4n) is 0.839. The number of hydrogen-bond donors (Lipinski definition) is 1. The van der Waals surface area contributed by atoms with Crippen molar-refractivity contribution in [3.63, 3.8) is 0 Å². The van der Waals surface area contributed by atoms with Gasteiger partial charge in [0.15, 0.2) is 0 Å². The van der Waals surface area contributed by atoms with Gasteiger partial charge in [-0.3, -0.25) is 0 Å². The minimum Gasteiger partial charge on any atom is -0.351 e. The van der Waals surface area contributed by atoms with Crippen LogP contribution in [-0.2, 0) is 0 Å². The lowest BCUT2D eigenvalue weighted by atomic mass is 10.2. The predicted octanol–water partition coefficient (Wildman–Crippen LogP) is 0.675. The minimum atomic E-state index is -0.356. The highest BCUT2D eigenvalue weighted by Gasteiger charge is 2.06. The molecular weight excluding hydrogens is 116 g/mol. The lowest BCUT2D eigenvalue weighted by molar-refractivity contribution is 0.222. The molecule has 3 nitrogen and oxygen atoms in total. The van der Waals surface area contributed by atoms with Crippen LogP contribution >= 0.6 is 0 Å². The molecule has 0 atom stereocenters. The summed E-state index contributed by atoms with van der Waals surface area (Å²) in [6, 6.07) is -0.356. The maximum Gasteiger partial charge on any atom is 0.318 e. The van der Waals surface area contributed by atoms with Crippen molar-refractivity contribution in [2.45, 2.75) is 12.8 Å². The molecule has 0 fully saturated rings. The molecule has 0 aliphatic carbocycles. The molecule has 2 N–H and O–H groups in total. The Kier molecular flexibility index (Phi) is 1.72. The van der Waals surface area contributed by atoms with Crippen molar-refractivity contribution in [1.29, 1.82) is 0 Å². The summed E-state index contributed by atoms with van der Waals surface area (Å²) in [5.74, 6) is 0. The third-order valence-electron chi connectivity index (χ3n) is 1.34. The second-order valence-corrected chi connectivity index (χ2v) is 2.06. The fourth-order valence-corrected chi connectivity index (χ4v) is 0.839. The molecule has 0 saturated carbocycles. The quantitative estimate of drug-likeness (QED) is 0.509. The van der Waals surface area contributed by atoms with Crippen molar-refractivity contribution in [3.8, 4) is 0 Å². The summed E-state index contributed by atoms with van der Waals surface area (Å²) in [5, 5.41) is 0. The van der Waals surface area contributed by atoms with Gasteiger partial charge in [0.1, 0.15) is 0 Å². The van der Waals surface area contributed by atoms with E-state index >= 15 is 0 Å². The van der Waals surface area contributed by atoms with Crippen molar-refractivity contribution in [2.24, 2.45) is 5.73 Å². The third-order valence-corrected chi connectivity index (χ3v) is 1.34. The summed E-state index contributed by atoms with van der Waals surface area (Å²) in [4.78, 5) is 12.0. The number of rotatable bonds is 0. The number of hydrogen-bond acceptors (Lipinski definition) is 1. The standard InChI is InChI=1S/C6H10N2O/c7-6(9)8-4-2-1-3-5-8/h2,4H,1,3,5H2,(H2,7,9). The molecule has 0 aromatic heterocycles. The van der Waals surface area contributed by atoms with Crippen LogP contribution in [0.5, 0.6) is 0 Å². The van der Waals surface area contributed by atoms with Gasteiger partial charge in [0.2, 0.25) is 0 Å². The monoisotopic (exact) mass is 126 g/mol. The Balaban J connectivity index is 2.50. The molecule has 3 heteroatoms. The molecule has 1 heterocycles. The molecule has 0 aromatic rings. The Morgan fingerprint density at radius 3 is 2.78 bits per heavy atom. The van der Waals surface area contributed by atoms with Gasteiger partial charge in [-0.2, -0.15) is 0 Å². The number of nitrogens with two attached hydrogens (primary N) is 1. The van der Waals surface area contributed by atoms with E-state index in [1.807, 2.05) is 6.08 Å². The highest BCUT2D eigenvalue weighted by molar-refractivity contribution is 5.73. The zero-order valence-electron chi connectivity index (χ0n) is 5.21. The highest BCUT2D eigenvalue weighted by Crippen LogP contribution is 2.03. The van der Waals surface area contributed by atoms with Crippen LogP contribution in [0.3, 0.4) is 0 Å². The zero-order valence-corrected chi connectivity index (χ0v) is 5.21. The number of nitrogens with zero attached hydrogens (tertiary/aromatic N) is 1. The first-order valence-corrected chi connectivity index (χ1v) is 3.03. The second-order valence-electron chi connectivity index (χ2n) is 2.06. The van der Waals surface area contributed by atoms with Gasteiger partial charge >= 0.3 is 6.03 Å². The molecule has 0 saturated heterocycles. The first kappa shape index (κ1) is 6.13. The summed E-state index contributed by atoms with van der Waals surface area (Å²) in [6.45, 7) is 0.770. The molecule has 50 valence electrons. The first-order chi connectivity index (χ1) is 4.30. The Labute approximate surface area is 54.1 Å². The van der Waals surface area contributed by atoms with E-state index in [1.54, 1.807) is 6.20 Å². The number of carbonyl (C=O) groups excluding carboxylic acids is 1. The molecular formula is C6H10N2O. The van der Waals surface area contributed by atoms with Crippen LogP contribution in [0.25, 0.3) is 0 Å². The zero-order chi connectivity index (χ0) is 6.69. The van der Waals surface area contributed by atoms with E-state index in [0.717, 1.165) is 19.4 Å². The number of amides is 2. The van der Waals surface area contributed by atoms with Crippen LogP contribution in [0, 0.1) is 0 Å². The average Bonchev–Trinajstić information content (AvgIpc) is 1.90. The smallest absolute Gasteiger partial charge is 0.318 e. The lowest BCUT2D eigenvalue weighted by Gasteiger charge is -2.17. The maximum atomic E-state index is 10.5. The van der Waals surface area contributed by atoms with E-state index in [9.17, 15) is 4.79 Å². The third kappa shape index (κ3) is 1.45. The number of urea groups is 1. The van der Waals surface area contributed by atoms with E-state index in [2.05, 4.69) is 0 Å². The molecule has 9 heavy (non-hydrogen) atoms. The topological polar surface area (TPSA) is 46.3 Å². The molecule has 1 rings (SSSR count). The van der Waals surface area contributed by atoms with E-state index in [1.165, 1.54) is 4.90 Å². The Morgan fingerprint density at radius 2 is 2.44 bits per heavy atom. The molecule has 0 spiro atoms. The molecule has 1 aliphatic rings. The normalized spacial score (nSPS) is 18.0. The van der Waals surface area contributed by atoms with E-state index < -0.39 is 0 Å². The van der Waals surface area contributed by atoms with Crippen molar-refractivity contribution in [1.82, 2.24) is 4.90 Å². The maximum absolute atomic E-state index is 10.5. The summed E-state index contributed by atoms with van der Waals surface area (Å²) in [6.07, 6.45) is 5.78. The molecule has 0 radical (unpaired) electrons. The van der Waals surface area contributed by atoms with Crippen LogP contribution in [0.1, 0.15) is 12.8 Å². The van der Waals surface area contributed by atoms with Crippen molar-refractivity contribution >= 4 is 6.03 Å². The summed E-state index contributed by atoms with van der Waals surface area (Å²) >= 11 is 0. The van der Waals surface area contributed by atoms with Gasteiger partial charge in [0, 0.05) is 12.7 Å². The van der Waals surface area contributed by atoms with Gasteiger partial charge < -0.3 is 10.6 Å². The summed E-state index contributed by atoms with van der Waals surface area (Å²) < 4.78 is 0. The minimum absolute atomic E-state index is 0.356. The lowest BCUT2D eigenvalue weighted by Crippen LogP contribution is -2.33. The fraction of sp³-hybridized carbons (Fsp3) is 0.500. The average molecular weight is 126 g/mol. The Morgan fingerprint density at radius 1 is 1.67 bits per heavy atom. The van der Waals surface area contributed by atoms with Crippen molar-refractivity contribution < 1.29 is 4.79 Å². The molecule has 0 unspecified atom stereocenters. The van der Waals surface area contributed by atoms with Gasteiger partial charge in [-0.1, -0.05) is 6.08 Å². The van der Waals surface area contributed by atoms with E-state index in [-0.39, 0.29) is 6.03 Å². The Bertz CT molecular complexity index is 142. The molecule has 1 aliphatic heterocycles. The van der Waals surface area contributed by atoms with Crippen LogP contribution in [0.2, 0.25) is 0 Å². The van der Waals surface area contributed by atoms with Crippen LogP contribution in [0.4, 0.5) is 4.79 Å². The Hall–Kier alpha value is -0.990. The number of allylic oxidation sites excluding steroid dienone is 1. The summed E-state index contributed by atoms with van der Waals surface area (Å²) in [5.41, 5.74) is 5.00. The summed E-state index contributed by atoms with van der Waals surface area (Å²) in [7, 11) is 0. The van der Waals surface area contributed by atoms with Crippen molar-refractivity contribution in [2.75, 3.05) is 6.54 Å². The largest absolute Gasteiger partial charge is 0.351 e. The second kappa shape index (κ2) is 2.53. The van der Waals surface area contributed by atoms with Gasteiger partial charge in [-0.05, 0) is 12.8 Å². The highest BCUT2D eigenvalue weighted by atomic mass is 16.2. The molecule has 0 bridgehead atoms. The van der Waals surface area contributed by atoms with Crippen LogP contribution < -0.4 is 5.73 Å². The molecule has 0 aromatic carbocycles. The first-order valence-electron chi connectivity index (χ1n) is 3.03. The predicted molar refractivity (Wildman–Crippen MR) is 34.7 cm³/mol. The van der Waals surface area contributed by atoms with Gasteiger partial charge in [-0.25, -0.2) is 4.79 Å². The SMILES string of the molecule is NC(=O)N1C=CCCC1. The van der Waals surface area contributed by atoms with E-state index in [0.29, 0.717) is 0 Å². The van der Waals surface area contributed by atoms with E-state index in [4.69, 9.17) is 5.73 Å². The van der Waals surface area contributed by atoms with Crippen molar-refractivity contribution in [3.05, 3.63) is 12.3 Å². The van der Waals surface area contributed by atoms with Crippen LogP contribution in [0.15, 0.2) is 12.3 Å². The van der Waals surface area contributed by atoms with Gasteiger partial charge in [-0.15, -0.1) is 0 Å². The number of carbonyl (C=O) groups is 1. The van der Waals surface area contributed by atoms with Crippen LogP contribution in [-0.4, -0.2) is 17.5 Å². The van der Waals surface area contributed by atoms with Gasteiger partial charge in [0.05, 0.1) is 0 Å².